The number of hydrogen-bond acceptors (Lipinski definition) is 6. The Morgan fingerprint density at radius 3 is 0.903 bits per heavy atom. The number of carbonyl (C=O) groups is 3. The third-order valence-corrected chi connectivity index (χ3v) is 12.5. The van der Waals surface area contributed by atoms with E-state index < -0.39 is 6.10 Å². The van der Waals surface area contributed by atoms with Crippen LogP contribution in [0.3, 0.4) is 0 Å². The molecule has 0 spiro atoms. The van der Waals surface area contributed by atoms with Gasteiger partial charge in [0.1, 0.15) is 13.2 Å². The van der Waals surface area contributed by atoms with Gasteiger partial charge in [-0.3, -0.25) is 14.4 Å². The number of carbonyl (C=O) groups excluding carboxylic acids is 3. The zero-order valence-corrected chi connectivity index (χ0v) is 46.9. The van der Waals surface area contributed by atoms with Crippen LogP contribution in [0, 0.1) is 0 Å². The molecular formula is C66H110O6. The molecule has 0 heterocycles. The van der Waals surface area contributed by atoms with Crippen LogP contribution in [-0.4, -0.2) is 37.2 Å². The van der Waals surface area contributed by atoms with Gasteiger partial charge in [-0.15, -0.1) is 0 Å². The zero-order valence-electron chi connectivity index (χ0n) is 46.9. The quantitative estimate of drug-likeness (QED) is 0.0261. The lowest BCUT2D eigenvalue weighted by molar-refractivity contribution is -0.167. The fourth-order valence-electron chi connectivity index (χ4n) is 7.99. The van der Waals surface area contributed by atoms with Crippen LogP contribution in [0.25, 0.3) is 0 Å². The molecule has 0 saturated carbocycles. The molecule has 0 bridgehead atoms. The van der Waals surface area contributed by atoms with E-state index >= 15 is 0 Å². The molecule has 72 heavy (non-hydrogen) atoms. The Balaban J connectivity index is 4.35. The van der Waals surface area contributed by atoms with Gasteiger partial charge in [0, 0.05) is 19.3 Å². The molecule has 0 rings (SSSR count). The number of ether oxygens (including phenoxy) is 3. The largest absolute Gasteiger partial charge is 0.462 e. The highest BCUT2D eigenvalue weighted by Crippen LogP contribution is 2.14. The van der Waals surface area contributed by atoms with E-state index in [9.17, 15) is 14.4 Å². The van der Waals surface area contributed by atoms with Crippen molar-refractivity contribution in [3.63, 3.8) is 0 Å². The van der Waals surface area contributed by atoms with E-state index in [0.717, 1.165) is 148 Å². The van der Waals surface area contributed by atoms with E-state index in [1.807, 2.05) is 0 Å². The van der Waals surface area contributed by atoms with Crippen molar-refractivity contribution in [1.82, 2.24) is 0 Å². The fraction of sp³-hybridized carbons (Fsp3) is 0.682. The number of unbranched alkanes of at least 4 members (excludes halogenated alkanes) is 24. The predicted octanol–water partition coefficient (Wildman–Crippen LogP) is 20.3. The van der Waals surface area contributed by atoms with Crippen molar-refractivity contribution in [1.29, 1.82) is 0 Å². The fourth-order valence-corrected chi connectivity index (χ4v) is 7.99. The van der Waals surface area contributed by atoms with Gasteiger partial charge in [0.2, 0.25) is 0 Å². The van der Waals surface area contributed by atoms with Gasteiger partial charge in [0.15, 0.2) is 6.10 Å². The monoisotopic (exact) mass is 999 g/mol. The molecule has 0 N–H and O–H groups in total. The van der Waals surface area contributed by atoms with Gasteiger partial charge in [-0.2, -0.15) is 0 Å². The van der Waals surface area contributed by atoms with Gasteiger partial charge in [-0.05, 0) is 122 Å². The molecule has 6 heteroatoms. The molecule has 6 nitrogen and oxygen atoms in total. The number of allylic oxidation sites excluding steroid dienone is 18. The van der Waals surface area contributed by atoms with Crippen LogP contribution < -0.4 is 0 Å². The first-order valence-electron chi connectivity index (χ1n) is 29.9. The minimum atomic E-state index is -0.795. The molecule has 0 aliphatic rings. The molecule has 0 aliphatic heterocycles. The average Bonchev–Trinajstić information content (AvgIpc) is 3.38. The Labute approximate surface area is 444 Å². The minimum Gasteiger partial charge on any atom is -0.462 e. The van der Waals surface area contributed by atoms with Gasteiger partial charge < -0.3 is 14.2 Å². The van der Waals surface area contributed by atoms with Gasteiger partial charge in [-0.25, -0.2) is 0 Å². The number of rotatable bonds is 53. The second-order valence-electron chi connectivity index (χ2n) is 19.5. The van der Waals surface area contributed by atoms with Crippen molar-refractivity contribution in [2.75, 3.05) is 13.2 Å². The minimum absolute atomic E-state index is 0.0927. The summed E-state index contributed by atoms with van der Waals surface area (Å²) in [6, 6.07) is 0. The normalized spacial score (nSPS) is 12.9. The SMILES string of the molecule is CC/C=C\C/C=C\C/C=C\C/C=C\C/C=C\C/C=C\C/C=C\CCCCCCCC(=O)OCC(COC(=O)CCCCCCC/C=C\CCCC)OC(=O)CCCCCCC/C=C\CCCCCCCCC. The highest BCUT2D eigenvalue weighted by molar-refractivity contribution is 5.71. The lowest BCUT2D eigenvalue weighted by Gasteiger charge is -2.18. The van der Waals surface area contributed by atoms with Crippen LogP contribution in [0.15, 0.2) is 109 Å². The van der Waals surface area contributed by atoms with Crippen LogP contribution >= 0.6 is 0 Å². The lowest BCUT2D eigenvalue weighted by atomic mass is 10.1. The number of esters is 3. The van der Waals surface area contributed by atoms with E-state index in [1.54, 1.807) is 0 Å². The standard InChI is InChI=1S/C66H110O6/c1-4-7-10-13-16-19-22-24-26-28-29-30-31-32-33-34-35-36-37-38-40-41-44-47-50-53-56-59-65(68)71-62-63(61-70-64(67)58-55-52-49-46-43-21-18-15-12-9-6-3)72-66(69)60-57-54-51-48-45-42-39-27-25-23-20-17-14-11-8-5-2/h7,10,15-16,18-19,24,26-27,29-30,32-33,35-36,38-40,63H,4-6,8-9,11-14,17,20-23,25,28,31,34,37,41-62H2,1-3H3/b10-7-,18-15-,19-16-,26-24-,30-29-,33-32-,36-35-,39-27-,40-38-. The molecule has 0 saturated heterocycles. The number of hydrogen-bond donors (Lipinski definition) is 0. The van der Waals surface area contributed by atoms with E-state index in [4.69, 9.17) is 14.2 Å². The lowest BCUT2D eigenvalue weighted by Crippen LogP contribution is -2.30. The average molecular weight is 1000 g/mol. The predicted molar refractivity (Wildman–Crippen MR) is 311 cm³/mol. The Hall–Kier alpha value is -3.93. The maximum atomic E-state index is 12.8. The highest BCUT2D eigenvalue weighted by Gasteiger charge is 2.19. The highest BCUT2D eigenvalue weighted by atomic mass is 16.6. The molecule has 0 aromatic carbocycles. The third-order valence-electron chi connectivity index (χ3n) is 12.5. The van der Waals surface area contributed by atoms with Crippen molar-refractivity contribution in [3.8, 4) is 0 Å². The third kappa shape index (κ3) is 57.0. The topological polar surface area (TPSA) is 78.9 Å². The van der Waals surface area contributed by atoms with Crippen LogP contribution in [0.2, 0.25) is 0 Å². The molecular weight excluding hydrogens is 889 g/mol. The molecule has 0 fully saturated rings. The van der Waals surface area contributed by atoms with E-state index in [-0.39, 0.29) is 31.1 Å². The molecule has 0 amide bonds. The summed E-state index contributed by atoms with van der Waals surface area (Å²) in [7, 11) is 0. The molecule has 0 aromatic rings. The summed E-state index contributed by atoms with van der Waals surface area (Å²) < 4.78 is 16.8. The summed E-state index contributed by atoms with van der Waals surface area (Å²) in [6.07, 6.45) is 80.8. The summed E-state index contributed by atoms with van der Waals surface area (Å²) in [6.45, 7) is 6.46. The van der Waals surface area contributed by atoms with Crippen LogP contribution in [-0.2, 0) is 28.6 Å². The van der Waals surface area contributed by atoms with Crippen molar-refractivity contribution in [2.24, 2.45) is 0 Å². The first-order chi connectivity index (χ1) is 35.5. The second kappa shape index (κ2) is 59.6. The van der Waals surface area contributed by atoms with E-state index in [2.05, 4.69) is 130 Å². The summed E-state index contributed by atoms with van der Waals surface area (Å²) in [4.78, 5) is 38.1. The summed E-state index contributed by atoms with van der Waals surface area (Å²) in [5.74, 6) is -0.929. The van der Waals surface area contributed by atoms with Crippen LogP contribution in [0.1, 0.15) is 271 Å². The van der Waals surface area contributed by atoms with Crippen molar-refractivity contribution < 1.29 is 28.6 Å². The summed E-state index contributed by atoms with van der Waals surface area (Å²) in [5, 5.41) is 0. The van der Waals surface area contributed by atoms with E-state index in [0.29, 0.717) is 19.3 Å². The Kier molecular flexibility index (Phi) is 56.4. The first kappa shape index (κ1) is 68.1. The van der Waals surface area contributed by atoms with Crippen molar-refractivity contribution in [3.05, 3.63) is 109 Å². The molecule has 0 aliphatic carbocycles. The van der Waals surface area contributed by atoms with Gasteiger partial charge in [0.05, 0.1) is 0 Å². The Bertz CT molecular complexity index is 1470. The molecule has 0 radical (unpaired) electrons. The van der Waals surface area contributed by atoms with Crippen molar-refractivity contribution in [2.45, 2.75) is 277 Å². The summed E-state index contributed by atoms with van der Waals surface area (Å²) in [5.41, 5.74) is 0. The molecule has 0 aromatic heterocycles. The maximum Gasteiger partial charge on any atom is 0.306 e. The summed E-state index contributed by atoms with van der Waals surface area (Å²) >= 11 is 0. The Morgan fingerprint density at radius 2 is 0.556 bits per heavy atom. The van der Waals surface area contributed by atoms with Gasteiger partial charge >= 0.3 is 17.9 Å². The Morgan fingerprint density at radius 1 is 0.292 bits per heavy atom. The van der Waals surface area contributed by atoms with Gasteiger partial charge in [-0.1, -0.05) is 239 Å². The maximum absolute atomic E-state index is 12.8. The first-order valence-corrected chi connectivity index (χ1v) is 29.9. The molecule has 410 valence electrons. The van der Waals surface area contributed by atoms with Crippen LogP contribution in [0.4, 0.5) is 0 Å². The van der Waals surface area contributed by atoms with Crippen LogP contribution in [0.5, 0.6) is 0 Å². The van der Waals surface area contributed by atoms with Gasteiger partial charge in [0.25, 0.3) is 0 Å². The van der Waals surface area contributed by atoms with E-state index in [1.165, 1.54) is 83.5 Å². The second-order valence-corrected chi connectivity index (χ2v) is 19.5. The molecule has 1 unspecified atom stereocenters. The smallest absolute Gasteiger partial charge is 0.306 e. The molecule has 1 atom stereocenters. The zero-order chi connectivity index (χ0) is 52.2. The van der Waals surface area contributed by atoms with Crippen molar-refractivity contribution >= 4 is 17.9 Å².